The number of pyridine rings is 1. The Morgan fingerprint density at radius 1 is 1.25 bits per heavy atom. The standard InChI is InChI=1S/C13H14N4O3/c1-9-11(17-8-20-9)13(19)16-6-5-15-12(18)10-3-2-4-14-7-10/h2-4,7-8H,5-6H2,1H3,(H,15,18)(H,16,19). The van der Waals surface area contributed by atoms with Gasteiger partial charge >= 0.3 is 0 Å². The molecule has 0 spiro atoms. The second kappa shape index (κ2) is 6.46. The molecule has 0 aromatic carbocycles. The van der Waals surface area contributed by atoms with Gasteiger partial charge in [0, 0.05) is 25.5 Å². The third-order valence-corrected chi connectivity index (χ3v) is 2.58. The van der Waals surface area contributed by atoms with Crippen LogP contribution in [0.4, 0.5) is 0 Å². The lowest BCUT2D eigenvalue weighted by atomic mass is 10.3. The van der Waals surface area contributed by atoms with Crippen LogP contribution in [0, 0.1) is 6.92 Å². The average molecular weight is 274 g/mol. The van der Waals surface area contributed by atoms with Crippen molar-refractivity contribution in [3.63, 3.8) is 0 Å². The van der Waals surface area contributed by atoms with Crippen molar-refractivity contribution in [1.82, 2.24) is 20.6 Å². The van der Waals surface area contributed by atoms with E-state index in [9.17, 15) is 9.59 Å². The molecule has 2 aromatic heterocycles. The smallest absolute Gasteiger partial charge is 0.273 e. The van der Waals surface area contributed by atoms with Crippen molar-refractivity contribution < 1.29 is 14.0 Å². The molecular weight excluding hydrogens is 260 g/mol. The Morgan fingerprint density at radius 3 is 2.60 bits per heavy atom. The number of hydrogen-bond acceptors (Lipinski definition) is 5. The summed E-state index contributed by atoms with van der Waals surface area (Å²) in [4.78, 5) is 31.0. The summed E-state index contributed by atoms with van der Waals surface area (Å²) in [5.74, 6) is -0.0984. The Hall–Kier alpha value is -2.70. The largest absolute Gasteiger partial charge is 0.448 e. The summed E-state index contributed by atoms with van der Waals surface area (Å²) in [5.41, 5.74) is 0.731. The van der Waals surface area contributed by atoms with Crippen molar-refractivity contribution in [3.05, 3.63) is 47.9 Å². The van der Waals surface area contributed by atoms with Crippen molar-refractivity contribution in [2.75, 3.05) is 13.1 Å². The quantitative estimate of drug-likeness (QED) is 0.775. The number of rotatable bonds is 5. The van der Waals surface area contributed by atoms with Crippen LogP contribution >= 0.6 is 0 Å². The van der Waals surface area contributed by atoms with E-state index in [0.717, 1.165) is 0 Å². The normalized spacial score (nSPS) is 10.1. The van der Waals surface area contributed by atoms with Crippen molar-refractivity contribution in [2.45, 2.75) is 6.92 Å². The lowest BCUT2D eigenvalue weighted by Crippen LogP contribution is -2.35. The van der Waals surface area contributed by atoms with E-state index in [2.05, 4.69) is 20.6 Å². The van der Waals surface area contributed by atoms with Gasteiger partial charge in [0.15, 0.2) is 12.1 Å². The van der Waals surface area contributed by atoms with E-state index in [1.54, 1.807) is 25.3 Å². The molecule has 0 aliphatic heterocycles. The summed E-state index contributed by atoms with van der Waals surface area (Å²) < 4.78 is 4.94. The van der Waals surface area contributed by atoms with E-state index < -0.39 is 0 Å². The summed E-state index contributed by atoms with van der Waals surface area (Å²) >= 11 is 0. The van der Waals surface area contributed by atoms with Crippen LogP contribution < -0.4 is 10.6 Å². The zero-order valence-corrected chi connectivity index (χ0v) is 10.9. The van der Waals surface area contributed by atoms with Crippen LogP contribution in [-0.2, 0) is 0 Å². The van der Waals surface area contributed by atoms with E-state index in [0.29, 0.717) is 24.4 Å². The molecule has 2 rings (SSSR count). The number of hydrogen-bond donors (Lipinski definition) is 2. The molecule has 20 heavy (non-hydrogen) atoms. The monoisotopic (exact) mass is 274 g/mol. The van der Waals surface area contributed by atoms with Gasteiger partial charge in [-0.25, -0.2) is 4.98 Å². The second-order valence-corrected chi connectivity index (χ2v) is 4.01. The lowest BCUT2D eigenvalue weighted by Gasteiger charge is -2.06. The molecule has 0 fully saturated rings. The van der Waals surface area contributed by atoms with E-state index in [-0.39, 0.29) is 17.5 Å². The minimum Gasteiger partial charge on any atom is -0.448 e. The second-order valence-electron chi connectivity index (χ2n) is 4.01. The molecule has 0 aliphatic carbocycles. The van der Waals surface area contributed by atoms with Crippen molar-refractivity contribution in [3.8, 4) is 0 Å². The third kappa shape index (κ3) is 3.41. The molecule has 2 aromatic rings. The molecular formula is C13H14N4O3. The molecule has 2 N–H and O–H groups in total. The fourth-order valence-corrected chi connectivity index (χ4v) is 1.56. The van der Waals surface area contributed by atoms with Gasteiger partial charge in [-0.15, -0.1) is 0 Å². The highest BCUT2D eigenvalue weighted by Crippen LogP contribution is 2.03. The maximum Gasteiger partial charge on any atom is 0.273 e. The molecule has 0 radical (unpaired) electrons. The molecule has 0 bridgehead atoms. The first-order valence-corrected chi connectivity index (χ1v) is 6.05. The number of carbonyl (C=O) groups is 2. The first-order chi connectivity index (χ1) is 9.68. The van der Waals surface area contributed by atoms with Crippen LogP contribution in [-0.4, -0.2) is 34.9 Å². The van der Waals surface area contributed by atoms with E-state index in [1.165, 1.54) is 12.6 Å². The summed E-state index contributed by atoms with van der Waals surface area (Å²) in [6, 6.07) is 3.35. The van der Waals surface area contributed by atoms with Crippen molar-refractivity contribution >= 4 is 11.8 Å². The number of aryl methyl sites for hydroxylation is 1. The predicted molar refractivity (Wildman–Crippen MR) is 70.1 cm³/mol. The number of amides is 2. The molecule has 2 amide bonds. The Bertz CT molecular complexity index is 595. The molecule has 104 valence electrons. The summed E-state index contributed by atoms with van der Waals surface area (Å²) in [6.07, 6.45) is 4.29. The minimum absolute atomic E-state index is 0.232. The fraction of sp³-hybridized carbons (Fsp3) is 0.231. The lowest BCUT2D eigenvalue weighted by molar-refractivity contribution is 0.0924. The zero-order valence-electron chi connectivity index (χ0n) is 10.9. The van der Waals surface area contributed by atoms with E-state index >= 15 is 0 Å². The maximum atomic E-state index is 11.7. The Morgan fingerprint density at radius 2 is 2.00 bits per heavy atom. The van der Waals surface area contributed by atoms with Gasteiger partial charge in [0.25, 0.3) is 11.8 Å². The Balaban J connectivity index is 1.73. The molecule has 2 heterocycles. The van der Waals surface area contributed by atoms with Crippen LogP contribution in [0.25, 0.3) is 0 Å². The zero-order chi connectivity index (χ0) is 14.4. The SMILES string of the molecule is Cc1ocnc1C(=O)NCCNC(=O)c1cccnc1. The first kappa shape index (κ1) is 13.7. The summed E-state index contributed by atoms with van der Waals surface area (Å²) in [5, 5.41) is 5.32. The van der Waals surface area contributed by atoms with Crippen molar-refractivity contribution in [2.24, 2.45) is 0 Å². The van der Waals surface area contributed by atoms with Gasteiger partial charge in [-0.05, 0) is 19.1 Å². The van der Waals surface area contributed by atoms with E-state index in [4.69, 9.17) is 4.42 Å². The van der Waals surface area contributed by atoms with Gasteiger partial charge in [-0.1, -0.05) is 0 Å². The number of nitrogens with zero attached hydrogens (tertiary/aromatic N) is 2. The van der Waals surface area contributed by atoms with Gasteiger partial charge in [-0.2, -0.15) is 0 Å². The van der Waals surface area contributed by atoms with Crippen LogP contribution in [0.5, 0.6) is 0 Å². The topological polar surface area (TPSA) is 97.1 Å². The van der Waals surface area contributed by atoms with Crippen LogP contribution in [0.3, 0.4) is 0 Å². The Labute approximate surface area is 115 Å². The molecule has 0 atom stereocenters. The molecule has 7 heteroatoms. The van der Waals surface area contributed by atoms with Crippen LogP contribution in [0.2, 0.25) is 0 Å². The summed E-state index contributed by atoms with van der Waals surface area (Å²) in [7, 11) is 0. The molecule has 0 saturated carbocycles. The van der Waals surface area contributed by atoms with Gasteiger partial charge in [-0.3, -0.25) is 14.6 Å². The molecule has 0 aliphatic rings. The van der Waals surface area contributed by atoms with Crippen LogP contribution in [0.15, 0.2) is 35.3 Å². The predicted octanol–water partition coefficient (Wildman–Crippen LogP) is 0.538. The molecule has 0 saturated heterocycles. The van der Waals surface area contributed by atoms with Gasteiger partial charge in [0.05, 0.1) is 5.56 Å². The highest BCUT2D eigenvalue weighted by Gasteiger charge is 2.12. The average Bonchev–Trinajstić information content (AvgIpc) is 2.90. The third-order valence-electron chi connectivity index (χ3n) is 2.58. The number of nitrogens with one attached hydrogen (secondary N) is 2. The number of carbonyl (C=O) groups excluding carboxylic acids is 2. The fourth-order valence-electron chi connectivity index (χ4n) is 1.56. The minimum atomic E-state index is -0.327. The maximum absolute atomic E-state index is 11.7. The van der Waals surface area contributed by atoms with Gasteiger partial charge in [0.2, 0.25) is 0 Å². The first-order valence-electron chi connectivity index (χ1n) is 6.05. The molecule has 0 unspecified atom stereocenters. The van der Waals surface area contributed by atoms with Crippen molar-refractivity contribution in [1.29, 1.82) is 0 Å². The van der Waals surface area contributed by atoms with E-state index in [1.807, 2.05) is 0 Å². The summed E-state index contributed by atoms with van der Waals surface area (Å²) in [6.45, 7) is 2.28. The van der Waals surface area contributed by atoms with Gasteiger partial charge < -0.3 is 15.1 Å². The Kier molecular flexibility index (Phi) is 4.43. The van der Waals surface area contributed by atoms with Crippen LogP contribution in [0.1, 0.15) is 26.6 Å². The van der Waals surface area contributed by atoms with Gasteiger partial charge in [0.1, 0.15) is 5.76 Å². The number of aromatic nitrogens is 2. The number of oxazole rings is 1. The highest BCUT2D eigenvalue weighted by atomic mass is 16.3. The highest BCUT2D eigenvalue weighted by molar-refractivity contribution is 5.94. The molecule has 7 nitrogen and oxygen atoms in total.